The summed E-state index contributed by atoms with van der Waals surface area (Å²) in [5.41, 5.74) is 1.53. The minimum Gasteiger partial charge on any atom is -0.465 e. The molecule has 0 aliphatic heterocycles. The van der Waals surface area contributed by atoms with E-state index in [-0.39, 0.29) is 12.6 Å². The smallest absolute Gasteiger partial charge is 0.411 e. The first-order valence-corrected chi connectivity index (χ1v) is 8.07. The Hall–Kier alpha value is -2.86. The number of rotatable bonds is 4. The molecule has 0 atom stereocenters. The summed E-state index contributed by atoms with van der Waals surface area (Å²) in [6.45, 7) is 0.208. The predicted octanol–water partition coefficient (Wildman–Crippen LogP) is 4.44. The van der Waals surface area contributed by atoms with Crippen molar-refractivity contribution in [3.8, 4) is 0 Å². The van der Waals surface area contributed by atoms with Crippen LogP contribution in [0.4, 0.5) is 10.5 Å². The lowest BCUT2D eigenvalue weighted by Gasteiger charge is -2.07. The summed E-state index contributed by atoms with van der Waals surface area (Å²) in [6, 6.07) is 16.6. The topological polar surface area (TPSA) is 64.6 Å². The highest BCUT2D eigenvalue weighted by atomic mass is 32.1. The van der Waals surface area contributed by atoms with Crippen molar-refractivity contribution in [2.45, 2.75) is 6.61 Å². The van der Waals surface area contributed by atoms with E-state index in [1.165, 1.54) is 18.4 Å². The van der Waals surface area contributed by atoms with Gasteiger partial charge in [0.05, 0.1) is 7.11 Å². The molecule has 1 heterocycles. The average molecular weight is 341 g/mol. The fourth-order valence-electron chi connectivity index (χ4n) is 2.20. The monoisotopic (exact) mass is 341 g/mol. The summed E-state index contributed by atoms with van der Waals surface area (Å²) >= 11 is 1.35. The van der Waals surface area contributed by atoms with Gasteiger partial charge in [0.1, 0.15) is 11.5 Å². The number of ether oxygens (including phenoxy) is 2. The van der Waals surface area contributed by atoms with Crippen LogP contribution in [0.25, 0.3) is 10.1 Å². The van der Waals surface area contributed by atoms with Gasteiger partial charge in [-0.3, -0.25) is 5.32 Å². The third kappa shape index (κ3) is 3.72. The van der Waals surface area contributed by atoms with Gasteiger partial charge in [-0.05, 0) is 35.2 Å². The van der Waals surface area contributed by atoms with Crippen molar-refractivity contribution >= 4 is 39.2 Å². The Morgan fingerprint density at radius 3 is 2.62 bits per heavy atom. The number of amides is 1. The molecule has 122 valence electrons. The van der Waals surface area contributed by atoms with Crippen molar-refractivity contribution in [1.82, 2.24) is 0 Å². The molecule has 5 nitrogen and oxygen atoms in total. The average Bonchev–Trinajstić information content (AvgIpc) is 3.03. The summed E-state index contributed by atoms with van der Waals surface area (Å²) in [5, 5.41) is 3.55. The maximum atomic E-state index is 11.9. The molecule has 1 aromatic heterocycles. The molecule has 0 spiro atoms. The first-order valence-electron chi connectivity index (χ1n) is 7.25. The van der Waals surface area contributed by atoms with E-state index in [0.717, 1.165) is 15.6 Å². The molecule has 0 aliphatic rings. The van der Waals surface area contributed by atoms with E-state index in [1.54, 1.807) is 18.2 Å². The maximum absolute atomic E-state index is 11.9. The highest BCUT2D eigenvalue weighted by Crippen LogP contribution is 2.28. The Kier molecular flexibility index (Phi) is 4.77. The van der Waals surface area contributed by atoms with Crippen molar-refractivity contribution in [3.05, 3.63) is 65.0 Å². The van der Waals surface area contributed by atoms with Crippen LogP contribution in [-0.4, -0.2) is 19.2 Å². The van der Waals surface area contributed by atoms with Gasteiger partial charge in [0.15, 0.2) is 0 Å². The van der Waals surface area contributed by atoms with E-state index in [0.29, 0.717) is 10.6 Å². The SMILES string of the molecule is COC(=O)c1cc2cc(NC(=O)OCc3ccccc3)ccc2s1. The van der Waals surface area contributed by atoms with Gasteiger partial charge in [-0.2, -0.15) is 0 Å². The summed E-state index contributed by atoms with van der Waals surface area (Å²) in [7, 11) is 1.35. The quantitative estimate of drug-likeness (QED) is 0.713. The molecule has 0 aliphatic carbocycles. The number of nitrogens with one attached hydrogen (secondary N) is 1. The van der Waals surface area contributed by atoms with Crippen molar-refractivity contribution in [2.75, 3.05) is 12.4 Å². The Labute approximate surface area is 142 Å². The first kappa shape index (κ1) is 16.0. The molecule has 0 fully saturated rings. The van der Waals surface area contributed by atoms with Gasteiger partial charge in [0.25, 0.3) is 0 Å². The molecular weight excluding hydrogens is 326 g/mol. The van der Waals surface area contributed by atoms with Crippen molar-refractivity contribution in [3.63, 3.8) is 0 Å². The van der Waals surface area contributed by atoms with E-state index in [9.17, 15) is 9.59 Å². The van der Waals surface area contributed by atoms with Gasteiger partial charge in [0.2, 0.25) is 0 Å². The van der Waals surface area contributed by atoms with E-state index >= 15 is 0 Å². The second kappa shape index (κ2) is 7.14. The Morgan fingerprint density at radius 2 is 1.88 bits per heavy atom. The molecule has 6 heteroatoms. The molecule has 1 amide bonds. The van der Waals surface area contributed by atoms with Crippen LogP contribution in [0.1, 0.15) is 15.2 Å². The van der Waals surface area contributed by atoms with Crippen LogP contribution in [-0.2, 0) is 16.1 Å². The number of thiophene rings is 1. The third-order valence-corrected chi connectivity index (χ3v) is 4.46. The molecule has 0 unspecified atom stereocenters. The van der Waals surface area contributed by atoms with Gasteiger partial charge < -0.3 is 9.47 Å². The molecule has 3 rings (SSSR count). The molecule has 24 heavy (non-hydrogen) atoms. The van der Waals surface area contributed by atoms with Gasteiger partial charge in [-0.15, -0.1) is 11.3 Å². The lowest BCUT2D eigenvalue weighted by atomic mass is 10.2. The number of methoxy groups -OCH3 is 1. The summed E-state index contributed by atoms with van der Waals surface area (Å²) in [5.74, 6) is -0.368. The molecule has 1 N–H and O–H groups in total. The number of esters is 1. The van der Waals surface area contributed by atoms with Crippen molar-refractivity contribution in [1.29, 1.82) is 0 Å². The number of carbonyl (C=O) groups excluding carboxylic acids is 2. The minimum absolute atomic E-state index is 0.208. The van der Waals surface area contributed by atoms with Gasteiger partial charge in [0, 0.05) is 10.4 Å². The maximum Gasteiger partial charge on any atom is 0.411 e. The number of fused-ring (bicyclic) bond motifs is 1. The molecule has 0 saturated heterocycles. The molecule has 0 saturated carbocycles. The molecule has 0 bridgehead atoms. The highest BCUT2D eigenvalue weighted by molar-refractivity contribution is 7.20. The van der Waals surface area contributed by atoms with E-state index in [1.807, 2.05) is 36.4 Å². The zero-order valence-electron chi connectivity index (χ0n) is 12.9. The predicted molar refractivity (Wildman–Crippen MR) is 93.4 cm³/mol. The van der Waals surface area contributed by atoms with Gasteiger partial charge >= 0.3 is 12.1 Å². The van der Waals surface area contributed by atoms with Crippen LogP contribution in [0.15, 0.2) is 54.6 Å². The Bertz CT molecular complexity index is 873. The van der Waals surface area contributed by atoms with Crippen LogP contribution in [0, 0.1) is 0 Å². The van der Waals surface area contributed by atoms with Crippen LogP contribution >= 0.6 is 11.3 Å². The summed E-state index contributed by atoms with van der Waals surface area (Å²) in [4.78, 5) is 24.0. The summed E-state index contributed by atoms with van der Waals surface area (Å²) in [6.07, 6.45) is -0.526. The van der Waals surface area contributed by atoms with Crippen LogP contribution < -0.4 is 5.32 Å². The third-order valence-electron chi connectivity index (χ3n) is 3.36. The number of anilines is 1. The van der Waals surface area contributed by atoms with Crippen LogP contribution in [0.3, 0.4) is 0 Å². The summed E-state index contributed by atoms with van der Waals surface area (Å²) < 4.78 is 10.8. The number of hydrogen-bond donors (Lipinski definition) is 1. The normalized spacial score (nSPS) is 10.4. The minimum atomic E-state index is -0.526. The van der Waals surface area contributed by atoms with Gasteiger partial charge in [-0.25, -0.2) is 9.59 Å². The molecule has 0 radical (unpaired) electrons. The number of hydrogen-bond acceptors (Lipinski definition) is 5. The van der Waals surface area contributed by atoms with Crippen molar-refractivity contribution < 1.29 is 19.1 Å². The molecule has 2 aromatic carbocycles. The highest BCUT2D eigenvalue weighted by Gasteiger charge is 2.11. The zero-order chi connectivity index (χ0) is 16.9. The second-order valence-electron chi connectivity index (χ2n) is 5.04. The lowest BCUT2D eigenvalue weighted by molar-refractivity contribution is 0.0606. The lowest BCUT2D eigenvalue weighted by Crippen LogP contribution is -2.13. The van der Waals surface area contributed by atoms with Crippen LogP contribution in [0.5, 0.6) is 0 Å². The fraction of sp³-hybridized carbons (Fsp3) is 0.111. The van der Waals surface area contributed by atoms with E-state index in [2.05, 4.69) is 5.32 Å². The largest absolute Gasteiger partial charge is 0.465 e. The zero-order valence-corrected chi connectivity index (χ0v) is 13.8. The fourth-order valence-corrected chi connectivity index (χ4v) is 3.16. The molecular formula is C18H15NO4S. The van der Waals surface area contributed by atoms with E-state index in [4.69, 9.17) is 9.47 Å². The Balaban J connectivity index is 1.66. The first-order chi connectivity index (χ1) is 11.7. The van der Waals surface area contributed by atoms with Gasteiger partial charge in [-0.1, -0.05) is 30.3 Å². The number of benzene rings is 2. The van der Waals surface area contributed by atoms with Crippen molar-refractivity contribution in [2.24, 2.45) is 0 Å². The Morgan fingerprint density at radius 1 is 1.08 bits per heavy atom. The number of carbonyl (C=O) groups is 2. The second-order valence-corrected chi connectivity index (χ2v) is 6.13. The molecule has 3 aromatic rings. The standard InChI is InChI=1S/C18H15NO4S/c1-22-17(20)16-10-13-9-14(7-8-15(13)24-16)19-18(21)23-11-12-5-3-2-4-6-12/h2-10H,11H2,1H3,(H,19,21). The van der Waals surface area contributed by atoms with Crippen LogP contribution in [0.2, 0.25) is 0 Å². The van der Waals surface area contributed by atoms with E-state index < -0.39 is 6.09 Å².